The zero-order valence-corrected chi connectivity index (χ0v) is 12.7. The normalized spacial score (nSPS) is 12.4. The predicted octanol–water partition coefficient (Wildman–Crippen LogP) is 5.11. The molecule has 0 bridgehead atoms. The minimum Gasteiger partial charge on any atom is -0.466 e. The van der Waals surface area contributed by atoms with E-state index in [0.717, 1.165) is 19.3 Å². The fourth-order valence-electron chi connectivity index (χ4n) is 2.01. The van der Waals surface area contributed by atoms with Crippen LogP contribution < -0.4 is 0 Å². The van der Waals surface area contributed by atoms with Gasteiger partial charge in [-0.2, -0.15) is 0 Å². The molecule has 108 valence electrons. The lowest BCUT2D eigenvalue weighted by atomic mass is 9.99. The fourth-order valence-corrected chi connectivity index (χ4v) is 2.01. The Morgan fingerprint density at radius 2 is 1.61 bits per heavy atom. The van der Waals surface area contributed by atoms with E-state index in [2.05, 4.69) is 20.8 Å². The molecule has 2 nitrogen and oxygen atoms in total. The van der Waals surface area contributed by atoms with Crippen LogP contribution >= 0.6 is 0 Å². The van der Waals surface area contributed by atoms with Crippen molar-refractivity contribution in [3.05, 3.63) is 0 Å². The Bertz CT molecular complexity index is 190. The molecule has 0 saturated carbocycles. The van der Waals surface area contributed by atoms with Crippen LogP contribution in [0.5, 0.6) is 0 Å². The Labute approximate surface area is 113 Å². The third-order valence-electron chi connectivity index (χ3n) is 3.41. The van der Waals surface area contributed by atoms with Crippen LogP contribution in [-0.4, -0.2) is 12.6 Å². The van der Waals surface area contributed by atoms with Gasteiger partial charge in [-0.3, -0.25) is 4.79 Å². The Balaban J connectivity index is 3.30. The van der Waals surface area contributed by atoms with Gasteiger partial charge in [-0.25, -0.2) is 0 Å². The Kier molecular flexibility index (Phi) is 12.5. The molecule has 2 heteroatoms. The summed E-state index contributed by atoms with van der Waals surface area (Å²) in [5, 5.41) is 0. The van der Waals surface area contributed by atoms with Gasteiger partial charge >= 0.3 is 5.97 Å². The second-order valence-corrected chi connectivity index (χ2v) is 5.42. The molecule has 0 aliphatic heterocycles. The predicted molar refractivity (Wildman–Crippen MR) is 77.6 cm³/mol. The van der Waals surface area contributed by atoms with Gasteiger partial charge in [-0.15, -0.1) is 0 Å². The van der Waals surface area contributed by atoms with Crippen LogP contribution in [0, 0.1) is 5.92 Å². The maximum Gasteiger partial charge on any atom is 0.305 e. The number of hydrogen-bond donors (Lipinski definition) is 0. The van der Waals surface area contributed by atoms with Crippen molar-refractivity contribution in [1.82, 2.24) is 0 Å². The first-order valence-corrected chi connectivity index (χ1v) is 7.86. The maximum absolute atomic E-state index is 11.3. The molecule has 0 amide bonds. The van der Waals surface area contributed by atoms with E-state index in [1.54, 1.807) is 0 Å². The molecule has 0 spiro atoms. The number of carbonyl (C=O) groups is 1. The molecule has 1 unspecified atom stereocenters. The Morgan fingerprint density at radius 1 is 0.944 bits per heavy atom. The minimum absolute atomic E-state index is 0.0213. The number of ether oxygens (including phenoxy) is 1. The highest BCUT2D eigenvalue weighted by molar-refractivity contribution is 5.69. The minimum atomic E-state index is -0.0213. The van der Waals surface area contributed by atoms with Crippen molar-refractivity contribution in [2.75, 3.05) is 6.61 Å². The van der Waals surface area contributed by atoms with E-state index in [-0.39, 0.29) is 5.97 Å². The monoisotopic (exact) mass is 256 g/mol. The van der Waals surface area contributed by atoms with E-state index >= 15 is 0 Å². The van der Waals surface area contributed by atoms with Gasteiger partial charge in [0.25, 0.3) is 0 Å². The summed E-state index contributed by atoms with van der Waals surface area (Å²) in [4.78, 5) is 11.3. The SMILES string of the molecule is CCCCCCCC(C)CCOC(=O)CCCC. The Morgan fingerprint density at radius 3 is 2.28 bits per heavy atom. The first-order valence-electron chi connectivity index (χ1n) is 7.86. The average molecular weight is 256 g/mol. The molecular weight excluding hydrogens is 224 g/mol. The summed E-state index contributed by atoms with van der Waals surface area (Å²) in [6.07, 6.45) is 11.6. The van der Waals surface area contributed by atoms with Crippen molar-refractivity contribution >= 4 is 5.97 Å². The number of carbonyl (C=O) groups excluding carboxylic acids is 1. The van der Waals surface area contributed by atoms with E-state index in [0.29, 0.717) is 18.9 Å². The van der Waals surface area contributed by atoms with E-state index in [4.69, 9.17) is 4.74 Å². The molecule has 0 rings (SSSR count). The van der Waals surface area contributed by atoms with E-state index < -0.39 is 0 Å². The number of esters is 1. The molecule has 0 aromatic rings. The van der Waals surface area contributed by atoms with Crippen molar-refractivity contribution in [3.63, 3.8) is 0 Å². The lowest BCUT2D eigenvalue weighted by molar-refractivity contribution is -0.144. The summed E-state index contributed by atoms with van der Waals surface area (Å²) in [6.45, 7) is 7.21. The van der Waals surface area contributed by atoms with Crippen LogP contribution in [0.2, 0.25) is 0 Å². The largest absolute Gasteiger partial charge is 0.466 e. The topological polar surface area (TPSA) is 26.3 Å². The van der Waals surface area contributed by atoms with Crippen molar-refractivity contribution in [1.29, 1.82) is 0 Å². The summed E-state index contributed by atoms with van der Waals surface area (Å²) in [6, 6.07) is 0. The summed E-state index contributed by atoms with van der Waals surface area (Å²) >= 11 is 0. The molecule has 0 aromatic carbocycles. The molecule has 0 aliphatic carbocycles. The summed E-state index contributed by atoms with van der Waals surface area (Å²) in [5.74, 6) is 0.664. The average Bonchev–Trinajstić information content (AvgIpc) is 2.36. The molecule has 0 radical (unpaired) electrons. The lowest BCUT2D eigenvalue weighted by Gasteiger charge is -2.11. The van der Waals surface area contributed by atoms with Gasteiger partial charge in [0.2, 0.25) is 0 Å². The highest BCUT2D eigenvalue weighted by atomic mass is 16.5. The summed E-state index contributed by atoms with van der Waals surface area (Å²) < 4.78 is 5.22. The van der Waals surface area contributed by atoms with Crippen LogP contribution in [0.15, 0.2) is 0 Å². The van der Waals surface area contributed by atoms with Gasteiger partial charge in [0.1, 0.15) is 0 Å². The van der Waals surface area contributed by atoms with E-state index in [1.807, 2.05) is 0 Å². The smallest absolute Gasteiger partial charge is 0.305 e. The molecule has 0 fully saturated rings. The number of rotatable bonds is 12. The zero-order valence-electron chi connectivity index (χ0n) is 12.7. The Hall–Kier alpha value is -0.530. The van der Waals surface area contributed by atoms with E-state index in [1.165, 1.54) is 38.5 Å². The van der Waals surface area contributed by atoms with Gasteiger partial charge in [-0.1, -0.05) is 65.7 Å². The van der Waals surface area contributed by atoms with Gasteiger partial charge < -0.3 is 4.74 Å². The molecule has 18 heavy (non-hydrogen) atoms. The van der Waals surface area contributed by atoms with Crippen molar-refractivity contribution in [2.45, 2.75) is 85.0 Å². The highest BCUT2D eigenvalue weighted by Crippen LogP contribution is 2.14. The van der Waals surface area contributed by atoms with Crippen molar-refractivity contribution in [2.24, 2.45) is 5.92 Å². The quantitative estimate of drug-likeness (QED) is 0.358. The number of hydrogen-bond acceptors (Lipinski definition) is 2. The van der Waals surface area contributed by atoms with E-state index in [9.17, 15) is 4.79 Å². The molecule has 1 atom stereocenters. The standard InChI is InChI=1S/C16H32O2/c1-4-6-8-9-10-11-15(3)13-14-18-16(17)12-7-5-2/h15H,4-14H2,1-3H3. The molecule has 0 saturated heterocycles. The van der Waals surface area contributed by atoms with Crippen LogP contribution in [0.3, 0.4) is 0 Å². The van der Waals surface area contributed by atoms with Crippen LogP contribution in [0.1, 0.15) is 85.0 Å². The molecule has 0 aromatic heterocycles. The van der Waals surface area contributed by atoms with Crippen molar-refractivity contribution in [3.8, 4) is 0 Å². The van der Waals surface area contributed by atoms with Gasteiger partial charge in [0, 0.05) is 6.42 Å². The maximum atomic E-state index is 11.3. The summed E-state index contributed by atoms with van der Waals surface area (Å²) in [5.41, 5.74) is 0. The first kappa shape index (κ1) is 17.5. The fraction of sp³-hybridized carbons (Fsp3) is 0.938. The zero-order chi connectivity index (χ0) is 13.6. The third-order valence-corrected chi connectivity index (χ3v) is 3.41. The molecular formula is C16H32O2. The molecule has 0 aliphatic rings. The molecule has 0 N–H and O–H groups in total. The lowest BCUT2D eigenvalue weighted by Crippen LogP contribution is -2.08. The highest BCUT2D eigenvalue weighted by Gasteiger charge is 2.05. The van der Waals surface area contributed by atoms with Gasteiger partial charge in [0.15, 0.2) is 0 Å². The van der Waals surface area contributed by atoms with Crippen LogP contribution in [0.25, 0.3) is 0 Å². The first-order chi connectivity index (χ1) is 8.70. The third kappa shape index (κ3) is 11.9. The van der Waals surface area contributed by atoms with Crippen LogP contribution in [0.4, 0.5) is 0 Å². The number of unbranched alkanes of at least 4 members (excludes halogenated alkanes) is 5. The van der Waals surface area contributed by atoms with Crippen LogP contribution in [-0.2, 0) is 9.53 Å². The van der Waals surface area contributed by atoms with Crippen molar-refractivity contribution < 1.29 is 9.53 Å². The molecule has 0 heterocycles. The second kappa shape index (κ2) is 12.9. The summed E-state index contributed by atoms with van der Waals surface area (Å²) in [7, 11) is 0. The van der Waals surface area contributed by atoms with Gasteiger partial charge in [0.05, 0.1) is 6.61 Å². The van der Waals surface area contributed by atoms with Gasteiger partial charge in [-0.05, 0) is 18.8 Å². The second-order valence-electron chi connectivity index (χ2n) is 5.42.